The van der Waals surface area contributed by atoms with Crippen LogP contribution in [-0.4, -0.2) is 7.11 Å². The molecule has 0 saturated heterocycles. The fraction of sp³-hybridized carbons (Fsp3) is 0.0476. The molecule has 0 aromatic heterocycles. The van der Waals surface area contributed by atoms with Crippen LogP contribution in [0, 0.1) is 0 Å². The van der Waals surface area contributed by atoms with E-state index in [4.69, 9.17) is 9.26 Å². The second-order valence-corrected chi connectivity index (χ2v) is 7.90. The number of ether oxygens (including phenoxy) is 1. The van der Waals surface area contributed by atoms with Crippen LogP contribution in [0.15, 0.2) is 78.9 Å². The lowest BCUT2D eigenvalue weighted by molar-refractivity contribution is 0.415. The van der Waals surface area contributed by atoms with Gasteiger partial charge in [0.1, 0.15) is 11.5 Å². The molecular weight excluding hydrogens is 345 g/mol. The Kier molecular flexibility index (Phi) is 4.27. The summed E-state index contributed by atoms with van der Waals surface area (Å²) in [5.41, 5.74) is 2.59. The van der Waals surface area contributed by atoms with E-state index in [1.807, 2.05) is 72.8 Å². The molecule has 5 heteroatoms. The zero-order chi connectivity index (χ0) is 18.0. The number of rotatable bonds is 4. The van der Waals surface area contributed by atoms with Crippen molar-refractivity contribution in [1.29, 1.82) is 0 Å². The van der Waals surface area contributed by atoms with Crippen molar-refractivity contribution >= 4 is 24.6 Å². The van der Waals surface area contributed by atoms with Crippen LogP contribution in [0.2, 0.25) is 0 Å². The molecule has 0 amide bonds. The van der Waals surface area contributed by atoms with Gasteiger partial charge < -0.3 is 14.3 Å². The van der Waals surface area contributed by atoms with E-state index in [1.54, 1.807) is 19.2 Å². The average molecular weight is 363 g/mol. The van der Waals surface area contributed by atoms with E-state index in [-0.39, 0.29) is 0 Å². The molecule has 130 valence electrons. The molecule has 1 heterocycles. The summed E-state index contributed by atoms with van der Waals surface area (Å²) >= 11 is 0. The first-order valence-electron chi connectivity index (χ1n) is 8.27. The van der Waals surface area contributed by atoms with E-state index in [2.05, 4.69) is 5.09 Å². The third-order valence-electron chi connectivity index (χ3n) is 4.20. The smallest absolute Gasteiger partial charge is 0.372 e. The lowest BCUT2D eigenvalue weighted by Crippen LogP contribution is -2.10. The van der Waals surface area contributed by atoms with Crippen LogP contribution < -0.4 is 14.3 Å². The lowest BCUT2D eigenvalue weighted by Gasteiger charge is -2.28. The monoisotopic (exact) mass is 363 g/mol. The molecule has 0 unspecified atom stereocenters. The number of hydrogen-bond donors (Lipinski definition) is 1. The van der Waals surface area contributed by atoms with Crippen molar-refractivity contribution < 1.29 is 13.8 Å². The van der Waals surface area contributed by atoms with Gasteiger partial charge in [-0.3, -0.25) is 0 Å². The highest BCUT2D eigenvalue weighted by Crippen LogP contribution is 2.62. The van der Waals surface area contributed by atoms with Crippen molar-refractivity contribution in [3.8, 4) is 11.5 Å². The second kappa shape index (κ2) is 6.74. The molecule has 1 atom stereocenters. The van der Waals surface area contributed by atoms with Gasteiger partial charge in [0.15, 0.2) is 0 Å². The minimum absolute atomic E-state index is 0.558. The maximum absolute atomic E-state index is 13.8. The van der Waals surface area contributed by atoms with Crippen LogP contribution >= 0.6 is 7.52 Å². The maximum atomic E-state index is 13.8. The molecule has 1 aliphatic rings. The number of nitrogens with one attached hydrogen (secondary N) is 1. The highest BCUT2D eigenvalue weighted by molar-refractivity contribution is 7.72. The second-order valence-electron chi connectivity index (χ2n) is 5.91. The molecule has 4 rings (SSSR count). The Morgan fingerprint density at radius 3 is 2.23 bits per heavy atom. The van der Waals surface area contributed by atoms with Crippen LogP contribution in [0.5, 0.6) is 11.5 Å². The quantitative estimate of drug-likeness (QED) is 0.587. The van der Waals surface area contributed by atoms with E-state index in [0.29, 0.717) is 11.1 Å². The van der Waals surface area contributed by atoms with Crippen LogP contribution in [-0.2, 0) is 4.57 Å². The minimum atomic E-state index is -3.35. The highest BCUT2D eigenvalue weighted by atomic mass is 31.2. The number of fused-ring (bicyclic) bond motifs is 1. The average Bonchev–Trinajstić information content (AvgIpc) is 2.68. The van der Waals surface area contributed by atoms with Crippen LogP contribution in [0.3, 0.4) is 0 Å². The topological polar surface area (TPSA) is 47.6 Å². The molecule has 0 aliphatic carbocycles. The SMILES string of the molecule is COc1ccc(C2=Cc3ccccc3N[P@]2(=O)Oc2ccccc2)cc1. The fourth-order valence-electron chi connectivity index (χ4n) is 2.89. The van der Waals surface area contributed by atoms with Gasteiger partial charge in [-0.2, -0.15) is 0 Å². The number of benzene rings is 3. The van der Waals surface area contributed by atoms with Crippen molar-refractivity contribution in [2.24, 2.45) is 0 Å². The van der Waals surface area contributed by atoms with Crippen LogP contribution in [0.25, 0.3) is 11.4 Å². The largest absolute Gasteiger partial charge is 0.497 e. The Hall–Kier alpha value is -2.97. The fourth-order valence-corrected chi connectivity index (χ4v) is 4.89. The number of para-hydroxylation sites is 2. The predicted octanol–water partition coefficient (Wildman–Crippen LogP) is 5.89. The summed E-state index contributed by atoms with van der Waals surface area (Å²) in [6.45, 7) is 0. The first-order valence-corrected chi connectivity index (χ1v) is 9.89. The molecule has 1 aliphatic heterocycles. The van der Waals surface area contributed by atoms with Crippen molar-refractivity contribution in [1.82, 2.24) is 0 Å². The molecule has 1 N–H and O–H groups in total. The summed E-state index contributed by atoms with van der Waals surface area (Å²) in [5, 5.41) is 3.76. The van der Waals surface area contributed by atoms with Gasteiger partial charge in [0, 0.05) is 5.69 Å². The maximum Gasteiger partial charge on any atom is 0.372 e. The molecule has 26 heavy (non-hydrogen) atoms. The van der Waals surface area contributed by atoms with Crippen LogP contribution in [0.4, 0.5) is 5.69 Å². The summed E-state index contributed by atoms with van der Waals surface area (Å²) in [6.07, 6.45) is 1.93. The van der Waals surface area contributed by atoms with Gasteiger partial charge in [-0.05, 0) is 47.5 Å². The standard InChI is InChI=1S/C21H18NO3P/c1-24-18-13-11-16(12-14-18)21-15-17-7-5-6-10-20(17)22-26(21,23)25-19-8-3-2-4-9-19/h2-15H,1H3,(H,22,23)/t26-/m1/s1. The molecule has 3 aromatic carbocycles. The zero-order valence-corrected chi connectivity index (χ0v) is 15.1. The van der Waals surface area contributed by atoms with Gasteiger partial charge in [0.2, 0.25) is 0 Å². The Morgan fingerprint density at radius 2 is 1.50 bits per heavy atom. The summed E-state index contributed by atoms with van der Waals surface area (Å²) in [5.74, 6) is 1.31. The van der Waals surface area contributed by atoms with Crippen LogP contribution in [0.1, 0.15) is 11.1 Å². The molecule has 0 spiro atoms. The van der Waals surface area contributed by atoms with E-state index in [9.17, 15) is 4.57 Å². The summed E-state index contributed by atoms with van der Waals surface area (Å²) in [7, 11) is -1.73. The molecule has 0 fully saturated rings. The van der Waals surface area contributed by atoms with Gasteiger partial charge in [-0.25, -0.2) is 4.57 Å². The normalized spacial score (nSPS) is 18.3. The number of hydrogen-bond acceptors (Lipinski definition) is 3. The molecule has 3 aromatic rings. The van der Waals surface area contributed by atoms with E-state index in [0.717, 1.165) is 22.6 Å². The summed E-state index contributed by atoms with van der Waals surface area (Å²) < 4.78 is 25.0. The Morgan fingerprint density at radius 1 is 0.808 bits per heavy atom. The molecule has 0 bridgehead atoms. The van der Waals surface area contributed by atoms with E-state index in [1.165, 1.54) is 0 Å². The highest BCUT2D eigenvalue weighted by Gasteiger charge is 2.35. The van der Waals surface area contributed by atoms with Crippen molar-refractivity contribution in [3.63, 3.8) is 0 Å². The Bertz CT molecular complexity index is 997. The van der Waals surface area contributed by atoms with Gasteiger partial charge in [-0.1, -0.05) is 48.5 Å². The molecular formula is C21H18NO3P. The van der Waals surface area contributed by atoms with E-state index >= 15 is 0 Å². The molecule has 0 saturated carbocycles. The number of anilines is 1. The first-order chi connectivity index (χ1) is 12.7. The zero-order valence-electron chi connectivity index (χ0n) is 14.3. The van der Waals surface area contributed by atoms with Gasteiger partial charge >= 0.3 is 7.52 Å². The third-order valence-corrected chi connectivity index (χ3v) is 6.23. The number of methoxy groups -OCH3 is 1. The van der Waals surface area contributed by atoms with Gasteiger partial charge in [0.05, 0.1) is 12.4 Å². The third kappa shape index (κ3) is 3.12. The van der Waals surface area contributed by atoms with Crippen molar-refractivity contribution in [2.45, 2.75) is 0 Å². The van der Waals surface area contributed by atoms with E-state index < -0.39 is 7.52 Å². The van der Waals surface area contributed by atoms with Crippen molar-refractivity contribution in [2.75, 3.05) is 12.2 Å². The Balaban J connectivity index is 1.81. The summed E-state index contributed by atoms with van der Waals surface area (Å²) in [6, 6.07) is 24.4. The van der Waals surface area contributed by atoms with Crippen molar-refractivity contribution in [3.05, 3.63) is 90.0 Å². The molecule has 0 radical (unpaired) electrons. The summed E-state index contributed by atoms with van der Waals surface area (Å²) in [4.78, 5) is 0. The minimum Gasteiger partial charge on any atom is -0.497 e. The molecule has 4 nitrogen and oxygen atoms in total. The predicted molar refractivity (Wildman–Crippen MR) is 106 cm³/mol. The first kappa shape index (κ1) is 16.5. The Labute approximate surface area is 152 Å². The van der Waals surface area contributed by atoms with Gasteiger partial charge in [0.25, 0.3) is 0 Å². The lowest BCUT2D eigenvalue weighted by atomic mass is 10.1. The van der Waals surface area contributed by atoms with Gasteiger partial charge in [-0.15, -0.1) is 0 Å².